The van der Waals surface area contributed by atoms with Crippen LogP contribution in [0.4, 0.5) is 13.2 Å². The number of carbonyl (C=O) groups is 2. The van der Waals surface area contributed by atoms with Gasteiger partial charge in [-0.2, -0.15) is 0 Å². The highest BCUT2D eigenvalue weighted by Gasteiger charge is 2.32. The summed E-state index contributed by atoms with van der Waals surface area (Å²) in [6.07, 6.45) is -3.68. The third-order valence-corrected chi connectivity index (χ3v) is 3.96. The summed E-state index contributed by atoms with van der Waals surface area (Å²) < 4.78 is 45.6. The maximum Gasteiger partial charge on any atom is 0.573 e. The van der Waals surface area contributed by atoms with Crippen molar-refractivity contribution >= 4 is 11.9 Å². The second-order valence-electron chi connectivity index (χ2n) is 5.68. The number of amides is 1. The fourth-order valence-electron chi connectivity index (χ4n) is 2.71. The zero-order valence-electron chi connectivity index (χ0n) is 13.2. The van der Waals surface area contributed by atoms with Gasteiger partial charge in [0.15, 0.2) is 0 Å². The van der Waals surface area contributed by atoms with Gasteiger partial charge in [-0.25, -0.2) is 0 Å². The van der Waals surface area contributed by atoms with E-state index in [0.717, 1.165) is 12.1 Å². The molecular weight excluding hydrogens is 343 g/mol. The van der Waals surface area contributed by atoms with Crippen molar-refractivity contribution in [1.29, 1.82) is 0 Å². The second-order valence-corrected chi connectivity index (χ2v) is 5.68. The number of halogens is 3. The quantitative estimate of drug-likeness (QED) is 0.813. The first-order valence-corrected chi connectivity index (χ1v) is 7.71. The summed E-state index contributed by atoms with van der Waals surface area (Å²) in [6, 6.07) is 4.60. The number of alkyl halides is 3. The molecular formula is C16H18F3NO5. The van der Waals surface area contributed by atoms with Gasteiger partial charge in [0.05, 0.1) is 5.92 Å². The number of ether oxygens (including phenoxy) is 2. The first kappa shape index (κ1) is 19.0. The van der Waals surface area contributed by atoms with Gasteiger partial charge in [0.25, 0.3) is 5.91 Å². The number of rotatable bonds is 6. The molecule has 2 rings (SSSR count). The third kappa shape index (κ3) is 5.93. The van der Waals surface area contributed by atoms with Crippen LogP contribution in [0.5, 0.6) is 5.75 Å². The van der Waals surface area contributed by atoms with Crippen LogP contribution in [0.2, 0.25) is 0 Å². The maximum absolute atomic E-state index is 12.2. The summed E-state index contributed by atoms with van der Waals surface area (Å²) in [7, 11) is 0. The van der Waals surface area contributed by atoms with E-state index in [1.54, 1.807) is 0 Å². The average Bonchev–Trinajstić information content (AvgIpc) is 2.54. The van der Waals surface area contributed by atoms with E-state index in [1.165, 1.54) is 12.1 Å². The maximum atomic E-state index is 12.2. The number of hydrogen-bond acceptors (Lipinski definition) is 4. The van der Waals surface area contributed by atoms with Gasteiger partial charge in [-0.05, 0) is 37.0 Å². The molecule has 2 N–H and O–H groups in total. The van der Waals surface area contributed by atoms with E-state index >= 15 is 0 Å². The van der Waals surface area contributed by atoms with Gasteiger partial charge in [-0.15, -0.1) is 13.2 Å². The number of aliphatic carboxylic acids is 1. The third-order valence-electron chi connectivity index (χ3n) is 3.96. The van der Waals surface area contributed by atoms with E-state index in [4.69, 9.17) is 4.74 Å². The highest BCUT2D eigenvalue weighted by atomic mass is 19.4. The number of carboxylic acid groups (broad SMARTS) is 1. The molecule has 1 aromatic carbocycles. The van der Waals surface area contributed by atoms with Crippen molar-refractivity contribution in [3.05, 3.63) is 29.8 Å². The predicted molar refractivity (Wildman–Crippen MR) is 80.1 cm³/mol. The molecule has 0 aromatic heterocycles. The van der Waals surface area contributed by atoms with E-state index in [-0.39, 0.29) is 18.0 Å². The molecule has 1 aliphatic rings. The monoisotopic (exact) mass is 361 g/mol. The minimum Gasteiger partial charge on any atom is -0.481 e. The average molecular weight is 361 g/mol. The molecule has 6 nitrogen and oxygen atoms in total. The molecule has 0 bridgehead atoms. The van der Waals surface area contributed by atoms with E-state index in [2.05, 4.69) is 10.1 Å². The lowest BCUT2D eigenvalue weighted by Gasteiger charge is -2.27. The Morgan fingerprint density at radius 3 is 2.60 bits per heavy atom. The molecule has 1 unspecified atom stereocenters. The molecule has 1 atom stereocenters. The molecule has 1 fully saturated rings. The lowest BCUT2D eigenvalue weighted by Crippen LogP contribution is -2.39. The predicted octanol–water partition coefficient (Wildman–Crippen LogP) is 2.44. The van der Waals surface area contributed by atoms with Crippen LogP contribution >= 0.6 is 0 Å². The molecule has 0 aliphatic carbocycles. The zero-order chi connectivity index (χ0) is 18.4. The fraction of sp³-hybridized carbons (Fsp3) is 0.500. The Morgan fingerprint density at radius 1 is 1.32 bits per heavy atom. The molecule has 0 radical (unpaired) electrons. The Bertz CT molecular complexity index is 614. The van der Waals surface area contributed by atoms with Crippen molar-refractivity contribution in [3.63, 3.8) is 0 Å². The van der Waals surface area contributed by atoms with E-state index in [9.17, 15) is 27.9 Å². The Hall–Kier alpha value is -2.29. The first-order valence-electron chi connectivity index (χ1n) is 7.71. The molecule has 1 heterocycles. The van der Waals surface area contributed by atoms with Crippen molar-refractivity contribution in [2.24, 2.45) is 11.8 Å². The number of carbonyl (C=O) groups excluding carboxylic acids is 1. The van der Waals surface area contributed by atoms with Crippen molar-refractivity contribution in [2.45, 2.75) is 19.2 Å². The van der Waals surface area contributed by atoms with E-state index in [1.807, 2.05) is 0 Å². The summed E-state index contributed by atoms with van der Waals surface area (Å²) in [5, 5.41) is 11.8. The Balaban J connectivity index is 1.98. The van der Waals surface area contributed by atoms with Crippen LogP contribution in [0.25, 0.3) is 0 Å². The summed E-state index contributed by atoms with van der Waals surface area (Å²) in [5.74, 6) is -3.10. The minimum absolute atomic E-state index is 0.0436. The lowest BCUT2D eigenvalue weighted by atomic mass is 9.86. The van der Waals surface area contributed by atoms with Gasteiger partial charge < -0.3 is 19.9 Å². The first-order chi connectivity index (χ1) is 11.8. The SMILES string of the molecule is O=C(NCC(C(=O)O)C1CCOCC1)c1cccc(OC(F)(F)F)c1. The summed E-state index contributed by atoms with van der Waals surface area (Å²) in [6.45, 7) is 0.835. The van der Waals surface area contributed by atoms with Crippen LogP contribution in [-0.2, 0) is 9.53 Å². The molecule has 0 saturated carbocycles. The van der Waals surface area contributed by atoms with Gasteiger partial charge in [0.1, 0.15) is 5.75 Å². The molecule has 138 valence electrons. The summed E-state index contributed by atoms with van der Waals surface area (Å²) in [5.41, 5.74) is -0.0436. The van der Waals surface area contributed by atoms with Crippen molar-refractivity contribution in [3.8, 4) is 5.75 Å². The Labute approximate surface area is 141 Å². The summed E-state index contributed by atoms with van der Waals surface area (Å²) in [4.78, 5) is 23.5. The van der Waals surface area contributed by atoms with E-state index < -0.39 is 29.9 Å². The van der Waals surface area contributed by atoms with Crippen molar-refractivity contribution in [2.75, 3.05) is 19.8 Å². The van der Waals surface area contributed by atoms with Gasteiger partial charge in [-0.3, -0.25) is 9.59 Å². The molecule has 1 aliphatic heterocycles. The molecule has 0 spiro atoms. The van der Waals surface area contributed by atoms with Crippen LogP contribution in [-0.4, -0.2) is 43.1 Å². The minimum atomic E-state index is -4.85. The van der Waals surface area contributed by atoms with Crippen LogP contribution in [0.1, 0.15) is 23.2 Å². The van der Waals surface area contributed by atoms with Crippen LogP contribution in [0, 0.1) is 11.8 Å². The normalized spacial score (nSPS) is 16.9. The fourth-order valence-corrected chi connectivity index (χ4v) is 2.71. The van der Waals surface area contributed by atoms with Crippen LogP contribution < -0.4 is 10.1 Å². The Kier molecular flexibility index (Phi) is 6.24. The van der Waals surface area contributed by atoms with Crippen LogP contribution in [0.15, 0.2) is 24.3 Å². The molecule has 1 saturated heterocycles. The number of benzene rings is 1. The number of nitrogens with one attached hydrogen (secondary N) is 1. The largest absolute Gasteiger partial charge is 0.573 e. The molecule has 9 heteroatoms. The number of carboxylic acids is 1. The Morgan fingerprint density at radius 2 is 2.00 bits per heavy atom. The number of hydrogen-bond donors (Lipinski definition) is 2. The van der Waals surface area contributed by atoms with Gasteiger partial charge in [-0.1, -0.05) is 6.07 Å². The van der Waals surface area contributed by atoms with E-state index in [0.29, 0.717) is 26.1 Å². The van der Waals surface area contributed by atoms with Gasteiger partial charge >= 0.3 is 12.3 Å². The zero-order valence-corrected chi connectivity index (χ0v) is 13.2. The standard InChI is InChI=1S/C16H18F3NO5/c17-16(18,19)25-12-3-1-2-11(8-12)14(21)20-9-13(15(22)23)10-4-6-24-7-5-10/h1-3,8,10,13H,4-7,9H2,(H,20,21)(H,22,23). The van der Waals surface area contributed by atoms with Crippen molar-refractivity contribution in [1.82, 2.24) is 5.32 Å². The van der Waals surface area contributed by atoms with Crippen LogP contribution in [0.3, 0.4) is 0 Å². The topological polar surface area (TPSA) is 84.9 Å². The van der Waals surface area contributed by atoms with Gasteiger partial charge in [0.2, 0.25) is 0 Å². The highest BCUT2D eigenvalue weighted by molar-refractivity contribution is 5.94. The molecule has 25 heavy (non-hydrogen) atoms. The molecule has 1 aromatic rings. The lowest BCUT2D eigenvalue weighted by molar-refractivity contribution is -0.274. The van der Waals surface area contributed by atoms with Crippen molar-refractivity contribution < 1.29 is 37.3 Å². The second kappa shape index (κ2) is 8.19. The van der Waals surface area contributed by atoms with Gasteiger partial charge in [0, 0.05) is 25.3 Å². The summed E-state index contributed by atoms with van der Waals surface area (Å²) >= 11 is 0. The molecule has 1 amide bonds. The highest BCUT2D eigenvalue weighted by Crippen LogP contribution is 2.25. The smallest absolute Gasteiger partial charge is 0.481 e.